The Hall–Kier alpha value is -0.870. The molecule has 0 spiro atoms. The zero-order chi connectivity index (χ0) is 11.3. The van der Waals surface area contributed by atoms with Crippen molar-refractivity contribution in [3.8, 4) is 0 Å². The van der Waals surface area contributed by atoms with Gasteiger partial charge in [0.15, 0.2) is 0 Å². The van der Waals surface area contributed by atoms with E-state index >= 15 is 0 Å². The topological polar surface area (TPSA) is 42.1 Å². The Morgan fingerprint density at radius 1 is 1.60 bits per heavy atom. The molecule has 1 rings (SSSR count). The van der Waals surface area contributed by atoms with Gasteiger partial charge in [0, 0.05) is 12.1 Å². The lowest BCUT2D eigenvalue weighted by Crippen LogP contribution is -2.20. The molecule has 4 heteroatoms. The summed E-state index contributed by atoms with van der Waals surface area (Å²) < 4.78 is 10.1. The molecule has 1 saturated heterocycles. The van der Waals surface area contributed by atoms with Gasteiger partial charge in [-0.25, -0.2) is 4.79 Å². The zero-order valence-electron chi connectivity index (χ0n) is 9.49. The van der Waals surface area contributed by atoms with Crippen LogP contribution in [0.5, 0.6) is 0 Å². The van der Waals surface area contributed by atoms with Gasteiger partial charge in [0.05, 0.1) is 12.7 Å². The second-order valence-electron chi connectivity index (χ2n) is 4.04. The fourth-order valence-corrected chi connectivity index (χ4v) is 1.09. The monoisotopic (exact) mass is 213 g/mol. The average molecular weight is 213 g/mol. The lowest BCUT2D eigenvalue weighted by molar-refractivity contribution is -0.139. The van der Waals surface area contributed by atoms with Gasteiger partial charge in [-0.15, -0.1) is 0 Å². The Morgan fingerprint density at radius 3 is 2.80 bits per heavy atom. The van der Waals surface area contributed by atoms with Crippen LogP contribution >= 0.6 is 0 Å². The molecule has 0 aromatic rings. The van der Waals surface area contributed by atoms with Gasteiger partial charge in [-0.05, 0) is 26.9 Å². The Bertz CT molecular complexity index is 234. The molecule has 0 amide bonds. The molecule has 1 fully saturated rings. The van der Waals surface area contributed by atoms with E-state index < -0.39 is 0 Å². The molecule has 0 bridgehead atoms. The molecule has 0 radical (unpaired) electrons. The maximum Gasteiger partial charge on any atom is 0.333 e. The first-order valence-corrected chi connectivity index (χ1v) is 5.21. The minimum atomic E-state index is -0.280. The van der Waals surface area contributed by atoms with E-state index in [0.29, 0.717) is 24.7 Å². The quantitative estimate of drug-likeness (QED) is 0.357. The van der Waals surface area contributed by atoms with E-state index in [-0.39, 0.29) is 5.97 Å². The van der Waals surface area contributed by atoms with E-state index in [1.54, 1.807) is 0 Å². The summed E-state index contributed by atoms with van der Waals surface area (Å²) in [7, 11) is 3.88. The minimum absolute atomic E-state index is 0.280. The number of esters is 1. The summed E-state index contributed by atoms with van der Waals surface area (Å²) in [5, 5.41) is 0. The highest BCUT2D eigenvalue weighted by Gasteiger charge is 2.23. The summed E-state index contributed by atoms with van der Waals surface area (Å²) in [6.07, 6.45) is 1.89. The normalized spacial score (nSPS) is 19.0. The summed E-state index contributed by atoms with van der Waals surface area (Å²) in [6.45, 7) is 5.69. The van der Waals surface area contributed by atoms with Crippen molar-refractivity contribution in [3.63, 3.8) is 0 Å². The lowest BCUT2D eigenvalue weighted by atomic mass is 10.1. The first-order valence-electron chi connectivity index (χ1n) is 5.21. The van der Waals surface area contributed by atoms with E-state index in [9.17, 15) is 4.79 Å². The van der Waals surface area contributed by atoms with Gasteiger partial charge in [0.2, 0.25) is 0 Å². The van der Waals surface area contributed by atoms with Gasteiger partial charge in [-0.2, -0.15) is 0 Å². The number of ether oxygens (including phenoxy) is 2. The molecular formula is C11H19NO3. The molecule has 1 atom stereocenters. The van der Waals surface area contributed by atoms with Crippen LogP contribution in [0, 0.1) is 0 Å². The van der Waals surface area contributed by atoms with Crippen LogP contribution in [0.15, 0.2) is 12.2 Å². The van der Waals surface area contributed by atoms with Crippen molar-refractivity contribution in [2.75, 3.05) is 33.9 Å². The second kappa shape index (κ2) is 5.88. The van der Waals surface area contributed by atoms with Gasteiger partial charge < -0.3 is 14.4 Å². The third kappa shape index (κ3) is 5.54. The fourth-order valence-electron chi connectivity index (χ4n) is 1.09. The van der Waals surface area contributed by atoms with Crippen molar-refractivity contribution in [1.82, 2.24) is 4.90 Å². The van der Waals surface area contributed by atoms with Gasteiger partial charge in [-0.3, -0.25) is 0 Å². The minimum Gasteiger partial charge on any atom is -0.461 e. The fraction of sp³-hybridized carbons (Fsp3) is 0.727. The van der Waals surface area contributed by atoms with Gasteiger partial charge >= 0.3 is 5.97 Å². The maximum atomic E-state index is 11.4. The summed E-state index contributed by atoms with van der Waals surface area (Å²) in [5.41, 5.74) is 0.546. The molecule has 4 nitrogen and oxygen atoms in total. The second-order valence-corrected chi connectivity index (χ2v) is 4.04. The summed E-state index contributed by atoms with van der Waals surface area (Å²) in [5.74, 6) is -0.280. The molecule has 1 aliphatic rings. The average Bonchev–Trinajstić information content (AvgIpc) is 2.96. The number of carbonyl (C=O) groups is 1. The first kappa shape index (κ1) is 12.2. The Kier molecular flexibility index (Phi) is 4.78. The molecule has 1 heterocycles. The smallest absolute Gasteiger partial charge is 0.333 e. The van der Waals surface area contributed by atoms with Crippen molar-refractivity contribution in [3.05, 3.63) is 12.2 Å². The SMILES string of the molecule is C=C(CCC1CO1)C(=O)OCCN(C)C. The molecule has 0 aromatic heterocycles. The van der Waals surface area contributed by atoms with E-state index in [0.717, 1.165) is 19.6 Å². The number of likely N-dealkylation sites (N-methyl/N-ethyl adjacent to an activating group) is 1. The highest BCUT2D eigenvalue weighted by Crippen LogP contribution is 2.18. The van der Waals surface area contributed by atoms with E-state index in [1.165, 1.54) is 0 Å². The molecule has 0 aromatic carbocycles. The van der Waals surface area contributed by atoms with Crippen molar-refractivity contribution in [1.29, 1.82) is 0 Å². The van der Waals surface area contributed by atoms with Gasteiger partial charge in [-0.1, -0.05) is 6.58 Å². The van der Waals surface area contributed by atoms with E-state index in [4.69, 9.17) is 9.47 Å². The highest BCUT2D eigenvalue weighted by atomic mass is 16.6. The van der Waals surface area contributed by atoms with Crippen LogP contribution < -0.4 is 0 Å². The number of rotatable bonds is 7. The van der Waals surface area contributed by atoms with E-state index in [1.807, 2.05) is 19.0 Å². The maximum absolute atomic E-state index is 11.4. The van der Waals surface area contributed by atoms with Crippen molar-refractivity contribution in [2.24, 2.45) is 0 Å². The largest absolute Gasteiger partial charge is 0.461 e. The van der Waals surface area contributed by atoms with Crippen LogP contribution in [0.3, 0.4) is 0 Å². The summed E-state index contributed by atoms with van der Waals surface area (Å²) >= 11 is 0. The predicted octanol–water partition coefficient (Wildman–Crippen LogP) is 0.826. The molecule has 1 aliphatic heterocycles. The van der Waals surface area contributed by atoms with Gasteiger partial charge in [0.1, 0.15) is 6.61 Å². The lowest BCUT2D eigenvalue weighted by Gasteiger charge is -2.10. The van der Waals surface area contributed by atoms with Crippen LogP contribution in [0.2, 0.25) is 0 Å². The standard InChI is InChI=1S/C11H19NO3/c1-9(4-5-10-8-15-10)11(13)14-7-6-12(2)3/h10H,1,4-8H2,2-3H3. The van der Waals surface area contributed by atoms with Crippen molar-refractivity contribution >= 4 is 5.97 Å². The Balaban J connectivity index is 2.06. The van der Waals surface area contributed by atoms with Crippen molar-refractivity contribution in [2.45, 2.75) is 18.9 Å². The Morgan fingerprint density at radius 2 is 2.27 bits per heavy atom. The number of hydrogen-bond donors (Lipinski definition) is 0. The third-order valence-electron chi connectivity index (χ3n) is 2.23. The van der Waals surface area contributed by atoms with Crippen LogP contribution in [-0.2, 0) is 14.3 Å². The van der Waals surface area contributed by atoms with Crippen LogP contribution in [-0.4, -0.2) is 50.8 Å². The van der Waals surface area contributed by atoms with Crippen LogP contribution in [0.25, 0.3) is 0 Å². The highest BCUT2D eigenvalue weighted by molar-refractivity contribution is 5.87. The summed E-state index contributed by atoms with van der Waals surface area (Å²) in [4.78, 5) is 13.3. The summed E-state index contributed by atoms with van der Waals surface area (Å²) in [6, 6.07) is 0. The molecule has 0 aliphatic carbocycles. The predicted molar refractivity (Wildman–Crippen MR) is 57.6 cm³/mol. The molecule has 86 valence electrons. The van der Waals surface area contributed by atoms with Crippen molar-refractivity contribution < 1.29 is 14.3 Å². The number of epoxide rings is 1. The number of nitrogens with zero attached hydrogens (tertiary/aromatic N) is 1. The first-order chi connectivity index (χ1) is 7.09. The number of carbonyl (C=O) groups excluding carboxylic acids is 1. The van der Waals surface area contributed by atoms with E-state index in [2.05, 4.69) is 6.58 Å². The molecule has 0 saturated carbocycles. The molecule has 1 unspecified atom stereocenters. The van der Waals surface area contributed by atoms with Crippen LogP contribution in [0.1, 0.15) is 12.8 Å². The third-order valence-corrected chi connectivity index (χ3v) is 2.23. The Labute approximate surface area is 90.8 Å². The zero-order valence-corrected chi connectivity index (χ0v) is 9.49. The molecule has 15 heavy (non-hydrogen) atoms. The van der Waals surface area contributed by atoms with Gasteiger partial charge in [0.25, 0.3) is 0 Å². The molecular weight excluding hydrogens is 194 g/mol. The van der Waals surface area contributed by atoms with Crippen LogP contribution in [0.4, 0.5) is 0 Å². The molecule has 0 N–H and O–H groups in total. The number of hydrogen-bond acceptors (Lipinski definition) is 4.